The van der Waals surface area contributed by atoms with E-state index < -0.39 is 17.7 Å². The van der Waals surface area contributed by atoms with Gasteiger partial charge in [-0.1, -0.05) is 0 Å². The van der Waals surface area contributed by atoms with E-state index in [4.69, 9.17) is 4.74 Å². The van der Waals surface area contributed by atoms with E-state index in [-0.39, 0.29) is 4.88 Å². The van der Waals surface area contributed by atoms with Crippen LogP contribution in [0.1, 0.15) is 59.9 Å². The highest BCUT2D eigenvalue weighted by molar-refractivity contribution is 7.13. The molecule has 116 valence electrons. The molecule has 1 aromatic heterocycles. The first-order valence-corrected chi connectivity index (χ1v) is 7.77. The Morgan fingerprint density at radius 1 is 1.43 bits per heavy atom. The van der Waals surface area contributed by atoms with Gasteiger partial charge in [-0.25, -0.2) is 14.6 Å². The largest absolute Gasteiger partial charge is 0.477 e. The molecular weight excluding hydrogens is 292 g/mol. The molecule has 21 heavy (non-hydrogen) atoms. The van der Waals surface area contributed by atoms with Gasteiger partial charge >= 0.3 is 12.1 Å². The summed E-state index contributed by atoms with van der Waals surface area (Å²) in [5.41, 5.74) is 0.00117. The fraction of sp³-hybridized carbons (Fsp3) is 0.643. The molecule has 1 aromatic rings. The number of amides is 1. The first-order chi connectivity index (χ1) is 9.76. The monoisotopic (exact) mass is 312 g/mol. The Hall–Kier alpha value is -1.63. The van der Waals surface area contributed by atoms with Gasteiger partial charge in [-0.15, -0.1) is 11.3 Å². The number of aromatic nitrogens is 1. The normalized spacial score (nSPS) is 14.8. The van der Waals surface area contributed by atoms with E-state index in [2.05, 4.69) is 10.3 Å². The summed E-state index contributed by atoms with van der Waals surface area (Å²) in [5, 5.41) is 12.7. The number of aromatic carboxylic acids is 1. The first kappa shape index (κ1) is 15.8. The Morgan fingerprint density at radius 3 is 2.62 bits per heavy atom. The zero-order valence-electron chi connectivity index (χ0n) is 12.4. The molecule has 0 radical (unpaired) electrons. The minimum absolute atomic E-state index is 0.280. The highest BCUT2D eigenvalue weighted by Gasteiger charge is 2.29. The van der Waals surface area contributed by atoms with Crippen LogP contribution in [-0.2, 0) is 11.2 Å². The third-order valence-electron chi connectivity index (χ3n) is 2.86. The van der Waals surface area contributed by atoms with Crippen molar-refractivity contribution in [1.29, 1.82) is 0 Å². The van der Waals surface area contributed by atoms with Crippen molar-refractivity contribution in [2.45, 2.75) is 51.6 Å². The van der Waals surface area contributed by atoms with E-state index in [0.717, 1.165) is 17.8 Å². The fourth-order valence-electron chi connectivity index (χ4n) is 1.81. The van der Waals surface area contributed by atoms with Crippen LogP contribution in [-0.4, -0.2) is 34.3 Å². The van der Waals surface area contributed by atoms with Crippen molar-refractivity contribution in [3.8, 4) is 0 Å². The zero-order chi connectivity index (χ0) is 15.6. The molecule has 1 fully saturated rings. The minimum Gasteiger partial charge on any atom is -0.477 e. The van der Waals surface area contributed by atoms with Gasteiger partial charge in [0.05, 0.1) is 10.7 Å². The van der Waals surface area contributed by atoms with E-state index in [9.17, 15) is 14.7 Å². The SMILES string of the molecule is CC(C)(C)OC(=O)NCCc1nc(C2CC2)sc1C(=O)O. The second-order valence-corrected chi connectivity index (χ2v) is 7.12. The van der Waals surface area contributed by atoms with Crippen molar-refractivity contribution < 1.29 is 19.4 Å². The average molecular weight is 312 g/mol. The van der Waals surface area contributed by atoms with Crippen molar-refractivity contribution in [2.24, 2.45) is 0 Å². The molecule has 1 aliphatic carbocycles. The van der Waals surface area contributed by atoms with Crippen LogP contribution in [0.4, 0.5) is 4.79 Å². The molecule has 7 heteroatoms. The van der Waals surface area contributed by atoms with Crippen LogP contribution in [0.5, 0.6) is 0 Å². The van der Waals surface area contributed by atoms with Gasteiger partial charge in [-0.05, 0) is 33.6 Å². The molecule has 2 rings (SSSR count). The fourth-order valence-corrected chi connectivity index (χ4v) is 2.93. The van der Waals surface area contributed by atoms with Crippen molar-refractivity contribution >= 4 is 23.4 Å². The summed E-state index contributed by atoms with van der Waals surface area (Å²) in [6.07, 6.45) is 2.06. The van der Waals surface area contributed by atoms with Gasteiger partial charge in [0.1, 0.15) is 10.5 Å². The van der Waals surface area contributed by atoms with Crippen LogP contribution < -0.4 is 5.32 Å². The van der Waals surface area contributed by atoms with Gasteiger partial charge < -0.3 is 15.2 Å². The number of carboxylic acid groups (broad SMARTS) is 1. The van der Waals surface area contributed by atoms with Crippen LogP contribution in [0, 0.1) is 0 Å². The molecule has 0 unspecified atom stereocenters. The highest BCUT2D eigenvalue weighted by atomic mass is 32.1. The minimum atomic E-state index is -0.952. The Balaban J connectivity index is 1.90. The van der Waals surface area contributed by atoms with Crippen LogP contribution in [0.2, 0.25) is 0 Å². The Labute approximate surface area is 127 Å². The molecule has 6 nitrogen and oxygen atoms in total. The number of hydrogen-bond donors (Lipinski definition) is 2. The molecule has 1 aliphatic rings. The summed E-state index contributed by atoms with van der Waals surface area (Å²) in [6, 6.07) is 0. The lowest BCUT2D eigenvalue weighted by Crippen LogP contribution is -2.33. The van der Waals surface area contributed by atoms with Crippen LogP contribution in [0.25, 0.3) is 0 Å². The first-order valence-electron chi connectivity index (χ1n) is 6.96. The Bertz CT molecular complexity index is 544. The lowest BCUT2D eigenvalue weighted by atomic mass is 10.2. The summed E-state index contributed by atoms with van der Waals surface area (Å²) in [7, 11) is 0. The van der Waals surface area contributed by atoms with E-state index in [1.165, 1.54) is 11.3 Å². The van der Waals surface area contributed by atoms with Crippen molar-refractivity contribution in [2.75, 3.05) is 6.54 Å². The van der Waals surface area contributed by atoms with Gasteiger partial charge in [0.25, 0.3) is 0 Å². The highest BCUT2D eigenvalue weighted by Crippen LogP contribution is 2.42. The van der Waals surface area contributed by atoms with Crippen molar-refractivity contribution in [1.82, 2.24) is 10.3 Å². The lowest BCUT2D eigenvalue weighted by molar-refractivity contribution is 0.0528. The van der Waals surface area contributed by atoms with Gasteiger partial charge in [0.15, 0.2) is 0 Å². The number of ether oxygens (including phenoxy) is 1. The van der Waals surface area contributed by atoms with E-state index >= 15 is 0 Å². The molecule has 1 saturated carbocycles. The molecule has 0 aromatic carbocycles. The summed E-state index contributed by atoms with van der Waals surface area (Å²) in [5.74, 6) is -0.521. The number of nitrogens with one attached hydrogen (secondary N) is 1. The molecule has 0 aliphatic heterocycles. The number of nitrogens with zero attached hydrogens (tertiary/aromatic N) is 1. The quantitative estimate of drug-likeness (QED) is 0.872. The summed E-state index contributed by atoms with van der Waals surface area (Å²) >= 11 is 1.25. The Kier molecular flexibility index (Phi) is 4.51. The van der Waals surface area contributed by atoms with E-state index in [1.54, 1.807) is 20.8 Å². The van der Waals surface area contributed by atoms with E-state index in [1.807, 2.05) is 0 Å². The van der Waals surface area contributed by atoms with Gasteiger partial charge in [-0.3, -0.25) is 0 Å². The molecule has 0 saturated heterocycles. The topological polar surface area (TPSA) is 88.5 Å². The molecule has 0 spiro atoms. The standard InChI is InChI=1S/C14H20N2O4S/c1-14(2,3)20-13(19)15-7-6-9-10(12(17)18)21-11(16-9)8-4-5-8/h8H,4-7H2,1-3H3,(H,15,19)(H,17,18). The van der Waals surface area contributed by atoms with Gasteiger partial charge in [0.2, 0.25) is 0 Å². The Morgan fingerprint density at radius 2 is 2.10 bits per heavy atom. The predicted molar refractivity (Wildman–Crippen MR) is 79.0 cm³/mol. The van der Waals surface area contributed by atoms with Gasteiger partial charge in [-0.2, -0.15) is 0 Å². The van der Waals surface area contributed by atoms with Gasteiger partial charge in [0, 0.05) is 18.9 Å². The number of carbonyl (C=O) groups excluding carboxylic acids is 1. The zero-order valence-corrected chi connectivity index (χ0v) is 13.2. The third-order valence-corrected chi connectivity index (χ3v) is 4.11. The maximum Gasteiger partial charge on any atom is 0.407 e. The molecular formula is C14H20N2O4S. The second kappa shape index (κ2) is 6.01. The van der Waals surface area contributed by atoms with Crippen LogP contribution >= 0.6 is 11.3 Å². The van der Waals surface area contributed by atoms with E-state index in [0.29, 0.717) is 24.6 Å². The van der Waals surface area contributed by atoms with Crippen molar-refractivity contribution in [3.63, 3.8) is 0 Å². The number of rotatable bonds is 5. The molecule has 0 atom stereocenters. The van der Waals surface area contributed by atoms with Crippen LogP contribution in [0.3, 0.4) is 0 Å². The summed E-state index contributed by atoms with van der Waals surface area (Å²) < 4.78 is 5.12. The molecule has 0 bridgehead atoms. The molecule has 2 N–H and O–H groups in total. The number of carbonyl (C=O) groups is 2. The second-order valence-electron chi connectivity index (χ2n) is 6.09. The molecule has 1 heterocycles. The predicted octanol–water partition coefficient (Wildman–Crippen LogP) is 2.79. The summed E-state index contributed by atoms with van der Waals surface area (Å²) in [6.45, 7) is 5.68. The maximum absolute atomic E-state index is 11.5. The molecule has 1 amide bonds. The smallest absolute Gasteiger partial charge is 0.407 e. The average Bonchev–Trinajstić information content (AvgIpc) is 3.08. The summed E-state index contributed by atoms with van der Waals surface area (Å²) in [4.78, 5) is 27.4. The maximum atomic E-state index is 11.5. The lowest BCUT2D eigenvalue weighted by Gasteiger charge is -2.19. The number of carboxylic acids is 1. The number of thiazole rings is 1. The van der Waals surface area contributed by atoms with Crippen molar-refractivity contribution in [3.05, 3.63) is 15.6 Å². The van der Waals surface area contributed by atoms with Crippen LogP contribution in [0.15, 0.2) is 0 Å². The number of alkyl carbamates (subject to hydrolysis) is 1. The third kappa shape index (κ3) is 4.70. The number of hydrogen-bond acceptors (Lipinski definition) is 5.